The van der Waals surface area contributed by atoms with Crippen LogP contribution in [0.2, 0.25) is 0 Å². The quantitative estimate of drug-likeness (QED) is 0.0834. The standard InChI is InChI=1S/C37H50FN5O4/c1-7-25(4)21-27(8-2)26(5)46-33-23-34(47-29-16-20-43(35(44)9-3)28(22-29)15-19-39)42-32(41-33)24-40-36(45-6)37(17-12-18-37)30-13-10-11-14-31(30)38/h8-10,13,23,25-29H,2-3,7,11-12,14-18,20-22,24H2,1,4-6H3/b40-36-/t25-,26-,27-,28+,29-/m0/s1. The Balaban J connectivity index is 1.62. The Morgan fingerprint density at radius 3 is 2.68 bits per heavy atom. The van der Waals surface area contributed by atoms with Crippen molar-refractivity contribution < 1.29 is 23.4 Å². The highest BCUT2D eigenvalue weighted by molar-refractivity contribution is 5.88. The summed E-state index contributed by atoms with van der Waals surface area (Å²) in [4.78, 5) is 28.3. The number of allylic oxidation sites excluding steroid dienone is 3. The van der Waals surface area contributed by atoms with Crippen molar-refractivity contribution in [2.24, 2.45) is 22.2 Å². The third-order valence-electron chi connectivity index (χ3n) is 9.85. The molecule has 2 aliphatic carbocycles. The number of rotatable bonds is 15. The average molecular weight is 648 g/mol. The van der Waals surface area contributed by atoms with Crippen LogP contribution in [-0.2, 0) is 16.1 Å². The Bertz CT molecular complexity index is 1410. The second kappa shape index (κ2) is 16.7. The highest BCUT2D eigenvalue weighted by Crippen LogP contribution is 2.51. The van der Waals surface area contributed by atoms with Gasteiger partial charge in [0.25, 0.3) is 0 Å². The van der Waals surface area contributed by atoms with E-state index in [1.54, 1.807) is 18.1 Å². The van der Waals surface area contributed by atoms with Gasteiger partial charge in [0, 0.05) is 37.8 Å². The summed E-state index contributed by atoms with van der Waals surface area (Å²) in [5.41, 5.74) is 0.0775. The van der Waals surface area contributed by atoms with Crippen molar-refractivity contribution in [2.75, 3.05) is 13.7 Å². The lowest BCUT2D eigenvalue weighted by molar-refractivity contribution is -0.130. The van der Waals surface area contributed by atoms with Crippen molar-refractivity contribution in [3.05, 3.63) is 60.8 Å². The molecule has 0 bridgehead atoms. The molecule has 0 radical (unpaired) electrons. The van der Waals surface area contributed by atoms with Gasteiger partial charge in [-0.25, -0.2) is 9.38 Å². The molecule has 2 heterocycles. The van der Waals surface area contributed by atoms with Crippen LogP contribution in [0, 0.1) is 28.6 Å². The van der Waals surface area contributed by atoms with Crippen LogP contribution in [0.3, 0.4) is 0 Å². The number of hydrogen-bond donors (Lipinski definition) is 0. The third kappa shape index (κ3) is 8.68. The van der Waals surface area contributed by atoms with E-state index in [9.17, 15) is 10.1 Å². The Morgan fingerprint density at radius 1 is 1.30 bits per heavy atom. The molecule has 3 aliphatic rings. The first-order chi connectivity index (χ1) is 22.7. The molecular weight excluding hydrogens is 597 g/mol. The largest absolute Gasteiger partial charge is 0.484 e. The van der Waals surface area contributed by atoms with Gasteiger partial charge < -0.3 is 19.1 Å². The van der Waals surface area contributed by atoms with Crippen molar-refractivity contribution in [1.29, 1.82) is 5.26 Å². The number of amides is 1. The Morgan fingerprint density at radius 2 is 2.06 bits per heavy atom. The molecule has 0 spiro atoms. The SMILES string of the molecule is C=CC(=O)N1CC[C@H](Oc2cc(O[C@@H](C)[C@@H](C=C)C[C@@H](C)CC)nc(C/N=C(\OC)C3(C4=C(F)CCC=C4)CCC3)n2)C[C@H]1CC#N. The summed E-state index contributed by atoms with van der Waals surface area (Å²) < 4.78 is 33.6. The third-order valence-corrected chi connectivity index (χ3v) is 9.85. The van der Waals surface area contributed by atoms with E-state index in [0.717, 1.165) is 32.1 Å². The topological polar surface area (TPSA) is 110 Å². The molecule has 1 aromatic rings. The fraction of sp³-hybridized carbons (Fsp3) is 0.595. The predicted molar refractivity (Wildman–Crippen MR) is 180 cm³/mol. The lowest BCUT2D eigenvalue weighted by Gasteiger charge is -2.43. The van der Waals surface area contributed by atoms with E-state index in [0.29, 0.717) is 67.2 Å². The summed E-state index contributed by atoms with van der Waals surface area (Å²) in [7, 11) is 1.58. The first-order valence-electron chi connectivity index (χ1n) is 17.0. The van der Waals surface area contributed by atoms with Crippen LogP contribution in [0.4, 0.5) is 4.39 Å². The minimum atomic E-state index is -0.586. The zero-order chi connectivity index (χ0) is 34.0. The molecule has 254 valence electrons. The van der Waals surface area contributed by atoms with Crippen molar-refractivity contribution in [2.45, 2.75) is 110 Å². The van der Waals surface area contributed by atoms with Crippen molar-refractivity contribution in [1.82, 2.24) is 14.9 Å². The highest BCUT2D eigenvalue weighted by Gasteiger charge is 2.47. The molecular formula is C37H50FN5O4. The van der Waals surface area contributed by atoms with Gasteiger partial charge in [-0.05, 0) is 50.2 Å². The van der Waals surface area contributed by atoms with Crippen LogP contribution in [0.15, 0.2) is 59.9 Å². The van der Waals surface area contributed by atoms with Crippen LogP contribution in [0.5, 0.6) is 11.8 Å². The van der Waals surface area contributed by atoms with Crippen LogP contribution in [0.25, 0.3) is 0 Å². The number of carbonyl (C=O) groups excluding carboxylic acids is 1. The van der Waals surface area contributed by atoms with E-state index in [2.05, 4.69) is 33.1 Å². The lowest BCUT2D eigenvalue weighted by Crippen LogP contribution is -2.48. The van der Waals surface area contributed by atoms with Crippen LogP contribution in [0.1, 0.15) is 90.8 Å². The number of likely N-dealkylation sites (tertiary alicyclic amines) is 1. The molecule has 1 amide bonds. The fourth-order valence-electron chi connectivity index (χ4n) is 6.77. The molecule has 10 heteroatoms. The molecule has 9 nitrogen and oxygen atoms in total. The second-order valence-corrected chi connectivity index (χ2v) is 13.0. The molecule has 4 rings (SSSR count). The van der Waals surface area contributed by atoms with Gasteiger partial charge in [-0.1, -0.05) is 51.5 Å². The van der Waals surface area contributed by atoms with Crippen LogP contribution in [-0.4, -0.2) is 58.6 Å². The Labute approximate surface area is 279 Å². The van der Waals surface area contributed by atoms with E-state index < -0.39 is 5.41 Å². The molecule has 1 saturated carbocycles. The number of aliphatic imine (C=N–C) groups is 1. The predicted octanol–water partition coefficient (Wildman–Crippen LogP) is 7.61. The molecule has 47 heavy (non-hydrogen) atoms. The minimum Gasteiger partial charge on any atom is -0.484 e. The number of carbonyl (C=O) groups is 1. The molecule has 0 N–H and O–H groups in total. The molecule has 1 aromatic heterocycles. The first-order valence-corrected chi connectivity index (χ1v) is 17.0. The van der Waals surface area contributed by atoms with E-state index >= 15 is 4.39 Å². The molecule has 1 aliphatic heterocycles. The smallest absolute Gasteiger partial charge is 0.246 e. The van der Waals surface area contributed by atoms with Gasteiger partial charge in [-0.3, -0.25) is 4.79 Å². The van der Waals surface area contributed by atoms with Gasteiger partial charge in [0.1, 0.15) is 24.6 Å². The second-order valence-electron chi connectivity index (χ2n) is 13.0. The molecule has 0 unspecified atom stereocenters. The number of hydrogen-bond acceptors (Lipinski definition) is 8. The van der Waals surface area contributed by atoms with Gasteiger partial charge in [-0.2, -0.15) is 15.2 Å². The van der Waals surface area contributed by atoms with Gasteiger partial charge >= 0.3 is 0 Å². The zero-order valence-electron chi connectivity index (χ0n) is 28.4. The molecule has 2 fully saturated rings. The number of halogens is 1. The maximum absolute atomic E-state index is 15.0. The summed E-state index contributed by atoms with van der Waals surface area (Å²) in [6.07, 6.45) is 13.5. The molecule has 0 aromatic carbocycles. The van der Waals surface area contributed by atoms with Gasteiger partial charge in [-0.15, -0.1) is 6.58 Å². The van der Waals surface area contributed by atoms with Crippen LogP contribution >= 0.6 is 0 Å². The first kappa shape index (κ1) is 35.8. The molecule has 1 saturated heterocycles. The normalized spacial score (nSPS) is 22.7. The average Bonchev–Trinajstić information content (AvgIpc) is 3.05. The van der Waals surface area contributed by atoms with Crippen LogP contribution < -0.4 is 9.47 Å². The van der Waals surface area contributed by atoms with Crippen molar-refractivity contribution in [3.63, 3.8) is 0 Å². The summed E-state index contributed by atoms with van der Waals surface area (Å²) in [5.74, 6) is 1.89. The van der Waals surface area contributed by atoms with Gasteiger partial charge in [0.15, 0.2) is 11.7 Å². The summed E-state index contributed by atoms with van der Waals surface area (Å²) in [6, 6.07) is 3.59. The van der Waals surface area contributed by atoms with E-state index in [1.807, 2.05) is 25.2 Å². The summed E-state index contributed by atoms with van der Waals surface area (Å²) in [5, 5.41) is 9.41. The van der Waals surface area contributed by atoms with Gasteiger partial charge in [0.05, 0.1) is 31.1 Å². The number of piperidine rings is 1. The summed E-state index contributed by atoms with van der Waals surface area (Å²) in [6.45, 7) is 14.6. The lowest BCUT2D eigenvalue weighted by atomic mass is 9.62. The van der Waals surface area contributed by atoms with E-state index in [-0.39, 0.29) is 48.9 Å². The maximum atomic E-state index is 15.0. The van der Waals surface area contributed by atoms with Crippen molar-refractivity contribution >= 4 is 11.8 Å². The molecule has 5 atom stereocenters. The summed E-state index contributed by atoms with van der Waals surface area (Å²) >= 11 is 0. The number of ether oxygens (including phenoxy) is 3. The Kier molecular flexibility index (Phi) is 12.7. The number of nitriles is 1. The minimum absolute atomic E-state index is 0.0899. The highest BCUT2D eigenvalue weighted by atomic mass is 19.1. The monoisotopic (exact) mass is 647 g/mol. The number of aromatic nitrogens is 2. The fourth-order valence-corrected chi connectivity index (χ4v) is 6.77. The maximum Gasteiger partial charge on any atom is 0.246 e. The van der Waals surface area contributed by atoms with E-state index in [4.69, 9.17) is 29.2 Å². The number of nitrogens with zero attached hydrogens (tertiary/aromatic N) is 5. The Hall–Kier alpha value is -4.00. The number of methoxy groups -OCH3 is 1. The van der Waals surface area contributed by atoms with E-state index in [1.165, 1.54) is 6.08 Å². The zero-order valence-corrected chi connectivity index (χ0v) is 28.4. The van der Waals surface area contributed by atoms with Crippen molar-refractivity contribution in [3.8, 4) is 17.8 Å². The van der Waals surface area contributed by atoms with Gasteiger partial charge in [0.2, 0.25) is 17.7 Å².